The highest BCUT2D eigenvalue weighted by Gasteiger charge is 2.27. The van der Waals surface area contributed by atoms with Crippen molar-refractivity contribution in [1.82, 2.24) is 4.98 Å². The topological polar surface area (TPSA) is 63.0 Å². The standard InChI is InChI=1S/C21H16N2O2S/c22-13-14-3-1-6-16(11-14)17-7-8-19-18(12-17)20(9-10-23-19)26-25-21(24)15-4-2-5-15/h1,3,6-12,15H,2,4-5H2. The van der Waals surface area contributed by atoms with Crippen LogP contribution in [0.2, 0.25) is 0 Å². The van der Waals surface area contributed by atoms with Crippen molar-refractivity contribution in [2.24, 2.45) is 5.92 Å². The first kappa shape index (κ1) is 16.6. The Morgan fingerprint density at radius 1 is 1.15 bits per heavy atom. The predicted molar refractivity (Wildman–Crippen MR) is 101 cm³/mol. The first-order valence-electron chi connectivity index (χ1n) is 8.52. The summed E-state index contributed by atoms with van der Waals surface area (Å²) in [6.45, 7) is 0. The molecule has 4 rings (SSSR count). The summed E-state index contributed by atoms with van der Waals surface area (Å²) in [5.74, 6) is -0.0797. The van der Waals surface area contributed by atoms with Crippen molar-refractivity contribution in [2.45, 2.75) is 24.2 Å². The van der Waals surface area contributed by atoms with E-state index in [4.69, 9.17) is 9.44 Å². The molecule has 3 aromatic rings. The Bertz CT molecular complexity index is 1020. The van der Waals surface area contributed by atoms with Crippen LogP contribution in [0.4, 0.5) is 0 Å². The van der Waals surface area contributed by atoms with Crippen molar-refractivity contribution in [3.8, 4) is 17.2 Å². The maximum Gasteiger partial charge on any atom is 0.321 e. The summed E-state index contributed by atoms with van der Waals surface area (Å²) in [5, 5.41) is 10.0. The van der Waals surface area contributed by atoms with Crippen LogP contribution in [0.1, 0.15) is 24.8 Å². The highest BCUT2D eigenvalue weighted by atomic mass is 32.2. The van der Waals surface area contributed by atoms with Gasteiger partial charge in [0.05, 0.1) is 40.0 Å². The smallest absolute Gasteiger partial charge is 0.321 e. The zero-order chi connectivity index (χ0) is 17.9. The van der Waals surface area contributed by atoms with E-state index in [-0.39, 0.29) is 11.9 Å². The summed E-state index contributed by atoms with van der Waals surface area (Å²) in [7, 11) is 0. The molecule has 1 fully saturated rings. The molecule has 2 aromatic carbocycles. The van der Waals surface area contributed by atoms with Gasteiger partial charge in [0.15, 0.2) is 0 Å². The van der Waals surface area contributed by atoms with E-state index < -0.39 is 0 Å². The molecule has 0 atom stereocenters. The van der Waals surface area contributed by atoms with Crippen molar-refractivity contribution >= 4 is 28.9 Å². The number of carbonyl (C=O) groups is 1. The van der Waals surface area contributed by atoms with Crippen LogP contribution in [0.5, 0.6) is 0 Å². The number of nitrogens with zero attached hydrogens (tertiary/aromatic N) is 2. The molecule has 0 bridgehead atoms. The highest BCUT2D eigenvalue weighted by Crippen LogP contribution is 2.34. The lowest BCUT2D eigenvalue weighted by molar-refractivity contribution is -0.140. The van der Waals surface area contributed by atoms with Gasteiger partial charge >= 0.3 is 5.97 Å². The Morgan fingerprint density at radius 2 is 2.00 bits per heavy atom. The molecule has 1 heterocycles. The molecular formula is C21H16N2O2S. The lowest BCUT2D eigenvalue weighted by Crippen LogP contribution is -2.22. The minimum Gasteiger partial charge on any atom is -0.386 e. The number of hydrogen-bond acceptors (Lipinski definition) is 5. The SMILES string of the molecule is N#Cc1cccc(-c2ccc3nccc(SOC(=O)C4CCC4)c3c2)c1. The fourth-order valence-electron chi connectivity index (χ4n) is 2.94. The summed E-state index contributed by atoms with van der Waals surface area (Å²) >= 11 is 1.11. The van der Waals surface area contributed by atoms with Gasteiger partial charge in [0, 0.05) is 11.6 Å². The Balaban J connectivity index is 1.65. The molecule has 1 aliphatic rings. The third kappa shape index (κ3) is 3.29. The maximum absolute atomic E-state index is 12.0. The Morgan fingerprint density at radius 3 is 2.77 bits per heavy atom. The molecule has 1 aromatic heterocycles. The molecule has 0 radical (unpaired) electrons. The summed E-state index contributed by atoms with van der Waals surface area (Å²) in [5.41, 5.74) is 3.43. The van der Waals surface area contributed by atoms with E-state index >= 15 is 0 Å². The zero-order valence-corrected chi connectivity index (χ0v) is 14.8. The van der Waals surface area contributed by atoms with Gasteiger partial charge in [-0.25, -0.2) is 0 Å². The molecule has 0 saturated heterocycles. The van der Waals surface area contributed by atoms with Crippen molar-refractivity contribution in [3.05, 3.63) is 60.3 Å². The van der Waals surface area contributed by atoms with Crippen LogP contribution in [-0.2, 0) is 8.98 Å². The van der Waals surface area contributed by atoms with Crippen LogP contribution in [0, 0.1) is 17.2 Å². The van der Waals surface area contributed by atoms with Crippen molar-refractivity contribution in [2.75, 3.05) is 0 Å². The first-order valence-corrected chi connectivity index (χ1v) is 9.26. The van der Waals surface area contributed by atoms with Gasteiger partial charge in [-0.15, -0.1) is 0 Å². The minimum atomic E-state index is -0.135. The highest BCUT2D eigenvalue weighted by molar-refractivity contribution is 7.95. The maximum atomic E-state index is 12.0. The largest absolute Gasteiger partial charge is 0.386 e. The summed E-state index contributed by atoms with van der Waals surface area (Å²) < 4.78 is 5.43. The molecule has 0 N–H and O–H groups in total. The zero-order valence-electron chi connectivity index (χ0n) is 14.0. The average molecular weight is 360 g/mol. The molecule has 5 heteroatoms. The Labute approximate surface area is 156 Å². The van der Waals surface area contributed by atoms with Crippen LogP contribution in [0.25, 0.3) is 22.0 Å². The molecule has 0 amide bonds. The second-order valence-electron chi connectivity index (χ2n) is 6.35. The van der Waals surface area contributed by atoms with Gasteiger partial charge < -0.3 is 4.18 Å². The third-order valence-corrected chi connectivity index (χ3v) is 5.46. The van der Waals surface area contributed by atoms with E-state index in [1.54, 1.807) is 12.3 Å². The number of carbonyl (C=O) groups excluding carboxylic acids is 1. The van der Waals surface area contributed by atoms with Crippen LogP contribution >= 0.6 is 12.0 Å². The van der Waals surface area contributed by atoms with Gasteiger partial charge in [-0.05, 0) is 54.3 Å². The average Bonchev–Trinajstić information content (AvgIpc) is 2.64. The number of aromatic nitrogens is 1. The lowest BCUT2D eigenvalue weighted by atomic mass is 9.86. The number of benzene rings is 2. The van der Waals surface area contributed by atoms with Crippen molar-refractivity contribution < 1.29 is 8.98 Å². The monoisotopic (exact) mass is 360 g/mol. The molecule has 4 nitrogen and oxygen atoms in total. The fourth-order valence-corrected chi connectivity index (χ4v) is 3.62. The Hall–Kier alpha value is -2.84. The van der Waals surface area contributed by atoms with E-state index in [2.05, 4.69) is 11.1 Å². The normalized spacial score (nSPS) is 13.8. The molecule has 1 aliphatic carbocycles. The number of hydrogen-bond donors (Lipinski definition) is 0. The van der Waals surface area contributed by atoms with E-state index in [9.17, 15) is 4.79 Å². The van der Waals surface area contributed by atoms with E-state index in [1.165, 1.54) is 0 Å². The molecule has 1 saturated carbocycles. The number of pyridine rings is 1. The number of nitriles is 1. The summed E-state index contributed by atoms with van der Waals surface area (Å²) in [6.07, 6.45) is 4.68. The molecule has 128 valence electrons. The van der Waals surface area contributed by atoms with E-state index in [0.29, 0.717) is 5.56 Å². The predicted octanol–water partition coefficient (Wildman–Crippen LogP) is 5.12. The summed E-state index contributed by atoms with van der Waals surface area (Å²) in [4.78, 5) is 17.3. The van der Waals surface area contributed by atoms with Crippen molar-refractivity contribution in [3.63, 3.8) is 0 Å². The van der Waals surface area contributed by atoms with Gasteiger partial charge in [-0.3, -0.25) is 9.78 Å². The van der Waals surface area contributed by atoms with Gasteiger partial charge in [0.25, 0.3) is 0 Å². The van der Waals surface area contributed by atoms with Crippen molar-refractivity contribution in [1.29, 1.82) is 5.26 Å². The second kappa shape index (κ2) is 7.19. The van der Waals surface area contributed by atoms with Crippen LogP contribution in [0.3, 0.4) is 0 Å². The summed E-state index contributed by atoms with van der Waals surface area (Å²) in [6, 6.07) is 17.5. The molecule has 0 spiro atoms. The minimum absolute atomic E-state index is 0.0554. The quantitative estimate of drug-likeness (QED) is 0.604. The second-order valence-corrected chi connectivity index (χ2v) is 7.12. The molecule has 0 unspecified atom stereocenters. The molecule has 26 heavy (non-hydrogen) atoms. The fraction of sp³-hybridized carbons (Fsp3) is 0.190. The van der Waals surface area contributed by atoms with Crippen LogP contribution < -0.4 is 0 Å². The molecule has 0 aliphatic heterocycles. The van der Waals surface area contributed by atoms with Gasteiger partial charge in [0.1, 0.15) is 0 Å². The third-order valence-electron chi connectivity index (χ3n) is 4.68. The number of rotatable bonds is 4. The number of fused-ring (bicyclic) bond motifs is 1. The molecular weight excluding hydrogens is 344 g/mol. The Kier molecular flexibility index (Phi) is 4.59. The first-order chi connectivity index (χ1) is 12.7. The lowest BCUT2D eigenvalue weighted by Gasteiger charge is -2.22. The van der Waals surface area contributed by atoms with Crippen LogP contribution in [0.15, 0.2) is 59.6 Å². The van der Waals surface area contributed by atoms with Gasteiger partial charge in [0.2, 0.25) is 0 Å². The van der Waals surface area contributed by atoms with E-state index in [1.807, 2.05) is 42.5 Å². The van der Waals surface area contributed by atoms with Crippen LogP contribution in [-0.4, -0.2) is 11.0 Å². The van der Waals surface area contributed by atoms with Gasteiger partial charge in [-0.2, -0.15) is 5.26 Å². The van der Waals surface area contributed by atoms with E-state index in [0.717, 1.165) is 58.2 Å². The van der Waals surface area contributed by atoms with Gasteiger partial charge in [-0.1, -0.05) is 24.6 Å².